The monoisotopic (exact) mass is 528 g/mol. The minimum atomic E-state index is -3.89. The number of nitrogens with zero attached hydrogens (tertiary/aromatic N) is 3. The van der Waals surface area contributed by atoms with Crippen LogP contribution in [0.5, 0.6) is 0 Å². The van der Waals surface area contributed by atoms with E-state index in [4.69, 9.17) is 11.6 Å². The number of nitro groups is 1. The molecule has 4 rings (SSSR count). The number of amides is 1. The molecular weight excluding hydrogens is 512 g/mol. The maximum absolute atomic E-state index is 12.9. The Morgan fingerprint density at radius 2 is 1.91 bits per heavy atom. The fourth-order valence-electron chi connectivity index (χ4n) is 3.26. The van der Waals surface area contributed by atoms with Crippen LogP contribution in [-0.4, -0.2) is 23.8 Å². The molecule has 4 aromatic rings. The summed E-state index contributed by atoms with van der Waals surface area (Å²) < 4.78 is 30.1. The molecule has 3 aromatic carbocycles. The number of fused-ring (bicyclic) bond motifs is 1. The van der Waals surface area contributed by atoms with Crippen molar-refractivity contribution in [3.05, 3.63) is 105 Å². The molecule has 1 heterocycles. The Labute approximate surface area is 208 Å². The molecule has 0 saturated heterocycles. The van der Waals surface area contributed by atoms with Gasteiger partial charge in [-0.25, -0.2) is 8.42 Å². The van der Waals surface area contributed by atoms with Crippen LogP contribution in [0.25, 0.3) is 10.2 Å². The number of allylic oxidation sites excluding steroid dienone is 1. The van der Waals surface area contributed by atoms with Crippen molar-refractivity contribution in [2.75, 3.05) is 4.72 Å². The first-order valence-corrected chi connectivity index (χ1v) is 12.7. The van der Waals surface area contributed by atoms with Gasteiger partial charge < -0.3 is 4.57 Å². The maximum atomic E-state index is 12.9. The predicted octanol–water partition coefficient (Wildman–Crippen LogP) is 4.99. The van der Waals surface area contributed by atoms with Gasteiger partial charge in [0.1, 0.15) is 0 Å². The zero-order valence-corrected chi connectivity index (χ0v) is 20.3. The van der Waals surface area contributed by atoms with Crippen LogP contribution in [0.15, 0.2) is 89.3 Å². The lowest BCUT2D eigenvalue weighted by Crippen LogP contribution is -2.16. The molecule has 0 spiro atoms. The van der Waals surface area contributed by atoms with Crippen molar-refractivity contribution in [1.29, 1.82) is 0 Å². The van der Waals surface area contributed by atoms with Crippen molar-refractivity contribution in [3.63, 3.8) is 0 Å². The topological polar surface area (TPSA) is 124 Å². The largest absolute Gasteiger partial charge is 0.312 e. The molecule has 35 heavy (non-hydrogen) atoms. The summed E-state index contributed by atoms with van der Waals surface area (Å²) in [5, 5.41) is 11.5. The Kier molecular flexibility index (Phi) is 6.83. The lowest BCUT2D eigenvalue weighted by molar-refractivity contribution is -0.384. The number of non-ortho nitro benzene ring substituents is 1. The predicted molar refractivity (Wildman–Crippen MR) is 135 cm³/mol. The summed E-state index contributed by atoms with van der Waals surface area (Å²) in [5.74, 6) is -0.601. The second kappa shape index (κ2) is 9.82. The van der Waals surface area contributed by atoms with E-state index in [2.05, 4.69) is 16.3 Å². The van der Waals surface area contributed by atoms with E-state index in [0.717, 1.165) is 11.3 Å². The van der Waals surface area contributed by atoms with Crippen LogP contribution in [-0.2, 0) is 16.6 Å². The quantitative estimate of drug-likeness (QED) is 0.205. The molecule has 12 heteroatoms. The van der Waals surface area contributed by atoms with Crippen molar-refractivity contribution < 1.29 is 18.1 Å². The molecule has 1 amide bonds. The number of nitro benzene ring substituents is 1. The number of sulfonamides is 1. The molecule has 178 valence electrons. The van der Waals surface area contributed by atoms with Crippen LogP contribution in [0.3, 0.4) is 0 Å². The molecule has 0 atom stereocenters. The normalized spacial score (nSPS) is 12.0. The number of aromatic nitrogens is 1. The Balaban J connectivity index is 1.68. The van der Waals surface area contributed by atoms with E-state index >= 15 is 0 Å². The van der Waals surface area contributed by atoms with E-state index in [0.29, 0.717) is 26.6 Å². The van der Waals surface area contributed by atoms with Gasteiger partial charge in [0, 0.05) is 35.0 Å². The third kappa shape index (κ3) is 5.32. The molecular formula is C23H17ClN4O5S2. The Hall–Kier alpha value is -3.80. The highest BCUT2D eigenvalue weighted by molar-refractivity contribution is 7.92. The van der Waals surface area contributed by atoms with Crippen LogP contribution in [0.1, 0.15) is 10.4 Å². The number of thiazole rings is 1. The van der Waals surface area contributed by atoms with Gasteiger partial charge in [0.05, 0.1) is 20.0 Å². The number of hydrogen-bond donors (Lipinski definition) is 1. The lowest BCUT2D eigenvalue weighted by Gasteiger charge is -2.09. The molecule has 0 aliphatic rings. The van der Waals surface area contributed by atoms with Crippen LogP contribution in [0.2, 0.25) is 5.02 Å². The Morgan fingerprint density at radius 1 is 1.17 bits per heavy atom. The first-order chi connectivity index (χ1) is 16.7. The van der Waals surface area contributed by atoms with E-state index in [1.807, 2.05) is 0 Å². The summed E-state index contributed by atoms with van der Waals surface area (Å²) in [7, 11) is -3.89. The number of carbonyl (C=O) groups excluding carboxylic acids is 1. The van der Waals surface area contributed by atoms with Crippen LogP contribution in [0, 0.1) is 10.1 Å². The first kappa shape index (κ1) is 24.3. The molecule has 0 unspecified atom stereocenters. The lowest BCUT2D eigenvalue weighted by atomic mass is 10.2. The number of halogens is 1. The van der Waals surface area contributed by atoms with Crippen molar-refractivity contribution in [2.45, 2.75) is 11.4 Å². The van der Waals surface area contributed by atoms with Crippen LogP contribution in [0.4, 0.5) is 11.4 Å². The number of hydrogen-bond acceptors (Lipinski definition) is 6. The zero-order chi connectivity index (χ0) is 25.2. The van der Waals surface area contributed by atoms with E-state index in [1.54, 1.807) is 16.7 Å². The standard InChI is InChI=1S/C23H17ClN4O5S2/c1-2-12-27-20-11-8-18(28(30)31)14-21(20)34-23(27)25-22(29)15-4-3-5-17(13-15)26-35(32,33)19-9-6-16(24)7-10-19/h2-11,13-14,26H,1,12H2. The molecule has 0 saturated carbocycles. The first-order valence-electron chi connectivity index (χ1n) is 10.0. The Morgan fingerprint density at radius 3 is 2.60 bits per heavy atom. The molecule has 0 aliphatic heterocycles. The minimum Gasteiger partial charge on any atom is -0.312 e. The highest BCUT2D eigenvalue weighted by Crippen LogP contribution is 2.24. The summed E-state index contributed by atoms with van der Waals surface area (Å²) >= 11 is 6.95. The molecule has 9 nitrogen and oxygen atoms in total. The van der Waals surface area contributed by atoms with Gasteiger partial charge in [-0.2, -0.15) is 4.99 Å². The van der Waals surface area contributed by atoms with Gasteiger partial charge in [-0.15, -0.1) is 6.58 Å². The fourth-order valence-corrected chi connectivity index (χ4v) is 5.51. The molecule has 1 aromatic heterocycles. The number of carbonyl (C=O) groups is 1. The van der Waals surface area contributed by atoms with Gasteiger partial charge in [-0.05, 0) is 48.5 Å². The smallest absolute Gasteiger partial charge is 0.279 e. The second-order valence-electron chi connectivity index (χ2n) is 7.25. The second-order valence-corrected chi connectivity index (χ2v) is 10.4. The number of nitrogens with one attached hydrogen (secondary N) is 1. The SMILES string of the molecule is C=CCn1c(=NC(=O)c2cccc(NS(=O)(=O)c3ccc(Cl)cc3)c2)sc2cc([N+](=O)[O-])ccc21. The summed E-state index contributed by atoms with van der Waals surface area (Å²) in [5.41, 5.74) is 0.960. The van der Waals surface area contributed by atoms with Gasteiger partial charge >= 0.3 is 0 Å². The van der Waals surface area contributed by atoms with Gasteiger partial charge in [-0.3, -0.25) is 19.6 Å². The average Bonchev–Trinajstić information content (AvgIpc) is 3.15. The fraction of sp³-hybridized carbons (Fsp3) is 0.0435. The van der Waals surface area contributed by atoms with E-state index < -0.39 is 20.9 Å². The Bertz CT molecular complexity index is 1640. The van der Waals surface area contributed by atoms with Crippen molar-refractivity contribution in [2.24, 2.45) is 4.99 Å². The summed E-state index contributed by atoms with van der Waals surface area (Å²) in [4.78, 5) is 28.1. The van der Waals surface area contributed by atoms with E-state index in [9.17, 15) is 23.3 Å². The number of rotatable bonds is 7. The highest BCUT2D eigenvalue weighted by Gasteiger charge is 2.16. The number of benzene rings is 3. The van der Waals surface area contributed by atoms with Crippen molar-refractivity contribution in [1.82, 2.24) is 4.57 Å². The third-order valence-corrected chi connectivity index (χ3v) is 7.56. The average molecular weight is 529 g/mol. The van der Waals surface area contributed by atoms with Crippen molar-refractivity contribution >= 4 is 60.5 Å². The van der Waals surface area contributed by atoms with Gasteiger partial charge in [0.25, 0.3) is 21.6 Å². The molecule has 0 radical (unpaired) electrons. The summed E-state index contributed by atoms with van der Waals surface area (Å²) in [6.45, 7) is 4.06. The van der Waals surface area contributed by atoms with E-state index in [-0.39, 0.29) is 21.8 Å². The molecule has 0 bridgehead atoms. The number of anilines is 1. The maximum Gasteiger partial charge on any atom is 0.279 e. The van der Waals surface area contributed by atoms with Crippen LogP contribution < -0.4 is 9.52 Å². The van der Waals surface area contributed by atoms with Crippen molar-refractivity contribution in [3.8, 4) is 0 Å². The molecule has 1 N–H and O–H groups in total. The van der Waals surface area contributed by atoms with Crippen LogP contribution >= 0.6 is 22.9 Å². The van der Waals surface area contributed by atoms with Gasteiger partial charge in [-0.1, -0.05) is 35.1 Å². The highest BCUT2D eigenvalue weighted by atomic mass is 35.5. The zero-order valence-electron chi connectivity index (χ0n) is 17.9. The molecule has 0 fully saturated rings. The summed E-state index contributed by atoms with van der Waals surface area (Å²) in [6, 6.07) is 16.0. The van der Waals surface area contributed by atoms with Gasteiger partial charge in [0.2, 0.25) is 0 Å². The third-order valence-electron chi connectivity index (χ3n) is 4.87. The van der Waals surface area contributed by atoms with Gasteiger partial charge in [0.15, 0.2) is 4.80 Å². The minimum absolute atomic E-state index is 0.0214. The van der Waals surface area contributed by atoms with E-state index in [1.165, 1.54) is 60.7 Å². The molecule has 0 aliphatic carbocycles. The summed E-state index contributed by atoms with van der Waals surface area (Å²) in [6.07, 6.45) is 1.63.